The third-order valence-corrected chi connectivity index (χ3v) is 2.67. The summed E-state index contributed by atoms with van der Waals surface area (Å²) >= 11 is 1.54. The van der Waals surface area contributed by atoms with Crippen LogP contribution in [0.2, 0.25) is 0 Å². The van der Waals surface area contributed by atoms with Crippen LogP contribution in [0.25, 0.3) is 0 Å². The summed E-state index contributed by atoms with van der Waals surface area (Å²) in [5.74, 6) is 0.552. The summed E-state index contributed by atoms with van der Waals surface area (Å²) in [6.07, 6.45) is 2.45. The molecule has 0 N–H and O–H groups in total. The number of ether oxygens (including phenoxy) is 1. The van der Waals surface area contributed by atoms with Gasteiger partial charge in [-0.3, -0.25) is 0 Å². The van der Waals surface area contributed by atoms with E-state index in [0.717, 1.165) is 0 Å². The van der Waals surface area contributed by atoms with Crippen molar-refractivity contribution in [3.63, 3.8) is 0 Å². The van der Waals surface area contributed by atoms with Crippen LogP contribution < -0.4 is 0 Å². The second-order valence-corrected chi connectivity index (χ2v) is 4.68. The fourth-order valence-electron chi connectivity index (χ4n) is 1.54. The Morgan fingerprint density at radius 2 is 2.18 bits per heavy atom. The molecule has 0 amide bonds. The molecule has 0 radical (unpaired) electrons. The summed E-state index contributed by atoms with van der Waals surface area (Å²) in [7, 11) is 0. The van der Waals surface area contributed by atoms with E-state index < -0.39 is 5.67 Å². The van der Waals surface area contributed by atoms with E-state index in [1.807, 2.05) is 20.1 Å². The summed E-state index contributed by atoms with van der Waals surface area (Å²) in [4.78, 5) is 0. The van der Waals surface area contributed by atoms with Gasteiger partial charge in [-0.1, -0.05) is 0 Å². The monoisotopic (exact) mass is 178 g/mol. The highest BCUT2D eigenvalue weighted by molar-refractivity contribution is 7.98. The minimum absolute atomic E-state index is 0.259. The highest BCUT2D eigenvalue weighted by Crippen LogP contribution is 2.36. The lowest BCUT2D eigenvalue weighted by molar-refractivity contribution is 0.0296. The molecule has 1 rings (SSSR count). The maximum absolute atomic E-state index is 13.7. The molecule has 0 aromatic carbocycles. The van der Waals surface area contributed by atoms with Gasteiger partial charge in [0.2, 0.25) is 0 Å². The second-order valence-electron chi connectivity index (χ2n) is 3.81. The van der Waals surface area contributed by atoms with Crippen LogP contribution in [0.4, 0.5) is 4.39 Å². The molecule has 0 aromatic rings. The normalized spacial score (nSPS) is 36.0. The average Bonchev–Trinajstić information content (AvgIpc) is 2.07. The number of hydrogen-bond acceptors (Lipinski definition) is 2. The molecule has 1 aliphatic rings. The molecule has 1 saturated heterocycles. The van der Waals surface area contributed by atoms with Crippen molar-refractivity contribution >= 4 is 11.8 Å². The molecule has 0 saturated carbocycles. The van der Waals surface area contributed by atoms with Crippen molar-refractivity contribution in [3.8, 4) is 0 Å². The van der Waals surface area contributed by atoms with Gasteiger partial charge in [-0.25, -0.2) is 4.39 Å². The third-order valence-electron chi connectivity index (χ3n) is 1.87. The topological polar surface area (TPSA) is 9.23 Å². The number of rotatable bonds is 2. The lowest BCUT2D eigenvalue weighted by atomic mass is 9.97. The minimum Gasteiger partial charge on any atom is -0.372 e. The van der Waals surface area contributed by atoms with Gasteiger partial charge in [0.25, 0.3) is 0 Å². The Morgan fingerprint density at radius 3 is 2.55 bits per heavy atom. The lowest BCUT2D eigenvalue weighted by Gasteiger charge is -2.18. The van der Waals surface area contributed by atoms with Crippen molar-refractivity contribution in [2.75, 3.05) is 18.6 Å². The summed E-state index contributed by atoms with van der Waals surface area (Å²) in [5.41, 5.74) is -1.34. The van der Waals surface area contributed by atoms with Gasteiger partial charge in [0.05, 0.1) is 12.2 Å². The molecule has 0 bridgehead atoms. The standard InChI is InChI=1S/C8H15FOS/c1-7(2)4-8(9,5-10-7)6-11-3/h4-6H2,1-3H3. The second kappa shape index (κ2) is 2.94. The number of thioether (sulfide) groups is 1. The zero-order valence-electron chi connectivity index (χ0n) is 7.32. The summed E-state index contributed by atoms with van der Waals surface area (Å²) in [6.45, 7) is 4.14. The molecular formula is C8H15FOS. The summed E-state index contributed by atoms with van der Waals surface area (Å²) < 4.78 is 19.0. The zero-order valence-corrected chi connectivity index (χ0v) is 8.13. The largest absolute Gasteiger partial charge is 0.372 e. The predicted molar refractivity (Wildman–Crippen MR) is 46.9 cm³/mol. The third kappa shape index (κ3) is 2.34. The fraction of sp³-hybridized carbons (Fsp3) is 1.00. The Bertz CT molecular complexity index is 149. The van der Waals surface area contributed by atoms with Crippen LogP contribution in [0.5, 0.6) is 0 Å². The molecule has 0 spiro atoms. The molecule has 1 nitrogen and oxygen atoms in total. The molecule has 66 valence electrons. The number of halogens is 1. The smallest absolute Gasteiger partial charge is 0.145 e. The quantitative estimate of drug-likeness (QED) is 0.641. The van der Waals surface area contributed by atoms with Crippen LogP contribution in [0.1, 0.15) is 20.3 Å². The van der Waals surface area contributed by atoms with Crippen LogP contribution >= 0.6 is 11.8 Å². The van der Waals surface area contributed by atoms with Gasteiger partial charge in [0.15, 0.2) is 0 Å². The van der Waals surface area contributed by atoms with Gasteiger partial charge in [-0.05, 0) is 20.1 Å². The first-order chi connectivity index (χ1) is 4.97. The van der Waals surface area contributed by atoms with Crippen LogP contribution in [-0.2, 0) is 4.74 Å². The first-order valence-electron chi connectivity index (χ1n) is 3.79. The van der Waals surface area contributed by atoms with E-state index in [4.69, 9.17) is 4.74 Å². The van der Waals surface area contributed by atoms with Crippen molar-refractivity contribution < 1.29 is 9.13 Å². The van der Waals surface area contributed by atoms with Crippen LogP contribution in [-0.4, -0.2) is 29.9 Å². The van der Waals surface area contributed by atoms with Crippen LogP contribution in [0, 0.1) is 0 Å². The Balaban J connectivity index is 2.51. The zero-order chi connectivity index (χ0) is 8.54. The Kier molecular flexibility index (Phi) is 2.49. The number of alkyl halides is 1. The molecule has 11 heavy (non-hydrogen) atoms. The maximum Gasteiger partial charge on any atom is 0.145 e. The average molecular weight is 178 g/mol. The van der Waals surface area contributed by atoms with Crippen molar-refractivity contribution in [1.29, 1.82) is 0 Å². The molecule has 3 heteroatoms. The molecule has 0 aliphatic carbocycles. The van der Waals surface area contributed by atoms with Gasteiger partial charge in [0, 0.05) is 12.2 Å². The van der Waals surface area contributed by atoms with E-state index in [0.29, 0.717) is 12.2 Å². The first-order valence-corrected chi connectivity index (χ1v) is 5.19. The molecule has 1 aliphatic heterocycles. The lowest BCUT2D eigenvalue weighted by Crippen LogP contribution is -2.28. The maximum atomic E-state index is 13.7. The van der Waals surface area contributed by atoms with E-state index in [1.165, 1.54) is 0 Å². The Hall–Kier alpha value is 0.240. The molecule has 0 aromatic heterocycles. The number of hydrogen-bond donors (Lipinski definition) is 0. The van der Waals surface area contributed by atoms with Gasteiger partial charge < -0.3 is 4.74 Å². The molecule has 1 unspecified atom stereocenters. The van der Waals surface area contributed by atoms with Crippen molar-refractivity contribution in [3.05, 3.63) is 0 Å². The highest BCUT2D eigenvalue weighted by atomic mass is 32.2. The summed E-state index contributed by atoms with van der Waals surface area (Å²) in [5, 5.41) is 0. The van der Waals surface area contributed by atoms with E-state index in [1.54, 1.807) is 11.8 Å². The minimum atomic E-state index is -1.08. The molecule has 1 fully saturated rings. The van der Waals surface area contributed by atoms with Gasteiger partial charge >= 0.3 is 0 Å². The molecule has 1 heterocycles. The Morgan fingerprint density at radius 1 is 1.55 bits per heavy atom. The Labute approximate surface area is 71.7 Å². The fourth-order valence-corrected chi connectivity index (χ4v) is 2.24. The SMILES string of the molecule is CSCC1(F)COC(C)(C)C1. The van der Waals surface area contributed by atoms with E-state index >= 15 is 0 Å². The molecule has 1 atom stereocenters. The predicted octanol–water partition coefficient (Wildman–Crippen LogP) is 2.26. The highest BCUT2D eigenvalue weighted by Gasteiger charge is 2.44. The molecular weight excluding hydrogens is 163 g/mol. The van der Waals surface area contributed by atoms with Crippen LogP contribution in [0.15, 0.2) is 0 Å². The van der Waals surface area contributed by atoms with E-state index in [-0.39, 0.29) is 12.2 Å². The van der Waals surface area contributed by atoms with E-state index in [9.17, 15) is 4.39 Å². The van der Waals surface area contributed by atoms with Crippen molar-refractivity contribution in [2.45, 2.75) is 31.5 Å². The van der Waals surface area contributed by atoms with Crippen LogP contribution in [0.3, 0.4) is 0 Å². The van der Waals surface area contributed by atoms with Gasteiger partial charge in [-0.15, -0.1) is 0 Å². The van der Waals surface area contributed by atoms with Crippen molar-refractivity contribution in [2.24, 2.45) is 0 Å². The van der Waals surface area contributed by atoms with Crippen molar-refractivity contribution in [1.82, 2.24) is 0 Å². The van der Waals surface area contributed by atoms with E-state index in [2.05, 4.69) is 0 Å². The first kappa shape index (κ1) is 9.33. The van der Waals surface area contributed by atoms with Gasteiger partial charge in [0.1, 0.15) is 5.67 Å². The van der Waals surface area contributed by atoms with Gasteiger partial charge in [-0.2, -0.15) is 11.8 Å². The summed E-state index contributed by atoms with van der Waals surface area (Å²) in [6, 6.07) is 0.